The molecule has 2 aliphatic heterocycles. The van der Waals surface area contributed by atoms with Crippen LogP contribution >= 0.6 is 0 Å². The quantitative estimate of drug-likeness (QED) is 0.594. The van der Waals surface area contributed by atoms with Crippen LogP contribution < -0.4 is 10.1 Å². The van der Waals surface area contributed by atoms with E-state index >= 15 is 0 Å². The highest BCUT2D eigenvalue weighted by Crippen LogP contribution is 2.28. The van der Waals surface area contributed by atoms with Gasteiger partial charge in [-0.2, -0.15) is 0 Å². The first-order valence-corrected chi connectivity index (χ1v) is 12.8. The van der Waals surface area contributed by atoms with Crippen molar-refractivity contribution in [2.75, 3.05) is 33.8 Å². The number of hydrogen-bond acceptors (Lipinski definition) is 5. The third-order valence-corrected chi connectivity index (χ3v) is 7.00. The number of amides is 4. The fraction of sp³-hybridized carbons (Fsp3) is 0.464. The second kappa shape index (κ2) is 11.6. The summed E-state index contributed by atoms with van der Waals surface area (Å²) < 4.78 is 5.21. The largest absolute Gasteiger partial charge is 0.497 e. The van der Waals surface area contributed by atoms with Crippen molar-refractivity contribution in [2.24, 2.45) is 5.92 Å². The lowest BCUT2D eigenvalue weighted by Gasteiger charge is -2.54. The topological polar surface area (TPSA) is 85.4 Å². The molecule has 198 valence electrons. The molecule has 2 aliphatic rings. The number of carbonyl (C=O) groups is 3. The Morgan fingerprint density at radius 3 is 2.41 bits per heavy atom. The number of piperazine rings is 1. The first kappa shape index (κ1) is 26.5. The molecule has 4 amide bonds. The number of benzene rings is 2. The zero-order valence-corrected chi connectivity index (χ0v) is 22.1. The predicted molar refractivity (Wildman–Crippen MR) is 140 cm³/mol. The van der Waals surface area contributed by atoms with E-state index in [0.717, 1.165) is 23.3 Å². The lowest BCUT2D eigenvalue weighted by atomic mass is 9.98. The number of urea groups is 1. The highest BCUT2D eigenvalue weighted by molar-refractivity contribution is 5.91. The minimum atomic E-state index is -0.661. The zero-order valence-electron chi connectivity index (χ0n) is 22.1. The standard InChI is InChI=1S/C28H37N5O4/c1-20(2)14-15-31-18-25-32(24(27(31)35)16-21-8-6-5-7-9-21)26(34)19-30(3)33(25)28(36)29-17-22-10-12-23(37-4)13-11-22/h5-13,20,24-25H,14-19H2,1-4H3,(H,29,36)/t24-,25-/m0/s1. The van der Waals surface area contributed by atoms with E-state index in [-0.39, 0.29) is 30.9 Å². The van der Waals surface area contributed by atoms with Crippen molar-refractivity contribution in [2.45, 2.75) is 45.4 Å². The Labute approximate surface area is 218 Å². The summed E-state index contributed by atoms with van der Waals surface area (Å²) in [5, 5.41) is 6.24. The molecule has 2 heterocycles. The van der Waals surface area contributed by atoms with Crippen LogP contribution in [0.2, 0.25) is 0 Å². The number of nitrogens with zero attached hydrogens (tertiary/aromatic N) is 4. The number of carbonyl (C=O) groups excluding carboxylic acids is 3. The fourth-order valence-corrected chi connectivity index (χ4v) is 4.96. The van der Waals surface area contributed by atoms with Crippen LogP contribution in [-0.2, 0) is 22.6 Å². The molecule has 2 fully saturated rings. The van der Waals surface area contributed by atoms with E-state index in [1.54, 1.807) is 29.1 Å². The second-order valence-corrected chi connectivity index (χ2v) is 10.1. The molecule has 2 aromatic carbocycles. The van der Waals surface area contributed by atoms with Crippen LogP contribution in [0.5, 0.6) is 5.75 Å². The van der Waals surface area contributed by atoms with Crippen LogP contribution in [0.15, 0.2) is 54.6 Å². The van der Waals surface area contributed by atoms with Crippen molar-refractivity contribution in [3.63, 3.8) is 0 Å². The summed E-state index contributed by atoms with van der Waals surface area (Å²) in [6.07, 6.45) is 0.676. The van der Waals surface area contributed by atoms with E-state index in [9.17, 15) is 14.4 Å². The van der Waals surface area contributed by atoms with Gasteiger partial charge in [0, 0.05) is 26.6 Å². The number of hydrogen-bond donors (Lipinski definition) is 1. The van der Waals surface area contributed by atoms with Crippen molar-refractivity contribution in [3.05, 3.63) is 65.7 Å². The number of rotatable bonds is 8. The van der Waals surface area contributed by atoms with Crippen LogP contribution in [0.4, 0.5) is 4.79 Å². The number of methoxy groups -OCH3 is 1. The maximum atomic E-state index is 13.7. The third-order valence-electron chi connectivity index (χ3n) is 7.00. The Kier molecular flexibility index (Phi) is 8.33. The van der Waals surface area contributed by atoms with Gasteiger partial charge in [-0.1, -0.05) is 56.3 Å². The van der Waals surface area contributed by atoms with Gasteiger partial charge in [0.2, 0.25) is 11.8 Å². The maximum Gasteiger partial charge on any atom is 0.334 e. The molecule has 1 N–H and O–H groups in total. The van der Waals surface area contributed by atoms with Crippen LogP contribution in [0.3, 0.4) is 0 Å². The van der Waals surface area contributed by atoms with Gasteiger partial charge in [-0.3, -0.25) is 9.59 Å². The molecule has 0 bridgehead atoms. The SMILES string of the molecule is COc1ccc(CNC(=O)N2[C@H]3CN(CCC(C)C)C(=O)[C@H](Cc4ccccc4)N3C(=O)CN2C)cc1. The van der Waals surface area contributed by atoms with Crippen molar-refractivity contribution < 1.29 is 19.1 Å². The van der Waals surface area contributed by atoms with Crippen molar-refractivity contribution in [3.8, 4) is 5.75 Å². The average molecular weight is 508 g/mol. The monoisotopic (exact) mass is 507 g/mol. The van der Waals surface area contributed by atoms with Crippen LogP contribution in [0, 0.1) is 5.92 Å². The highest BCUT2D eigenvalue weighted by atomic mass is 16.5. The molecule has 37 heavy (non-hydrogen) atoms. The normalized spacial score (nSPS) is 20.3. The first-order chi connectivity index (χ1) is 17.8. The molecular formula is C28H37N5O4. The van der Waals surface area contributed by atoms with Gasteiger partial charge < -0.3 is 19.9 Å². The summed E-state index contributed by atoms with van der Waals surface area (Å²) in [6, 6.07) is 16.3. The Balaban J connectivity index is 1.58. The van der Waals surface area contributed by atoms with Gasteiger partial charge in [0.05, 0.1) is 20.2 Å². The lowest BCUT2D eigenvalue weighted by Crippen LogP contribution is -2.76. The van der Waals surface area contributed by atoms with Crippen molar-refractivity contribution >= 4 is 17.8 Å². The Morgan fingerprint density at radius 2 is 1.76 bits per heavy atom. The minimum Gasteiger partial charge on any atom is -0.497 e. The molecule has 9 nitrogen and oxygen atoms in total. The summed E-state index contributed by atoms with van der Waals surface area (Å²) in [7, 11) is 3.35. The van der Waals surface area contributed by atoms with E-state index in [1.165, 1.54) is 0 Å². The number of hydrazine groups is 1. The van der Waals surface area contributed by atoms with Crippen molar-refractivity contribution in [1.82, 2.24) is 25.1 Å². The second-order valence-electron chi connectivity index (χ2n) is 10.1. The van der Waals surface area contributed by atoms with E-state index in [2.05, 4.69) is 19.2 Å². The number of ether oxygens (including phenoxy) is 1. The van der Waals surface area contributed by atoms with Gasteiger partial charge in [0.1, 0.15) is 18.0 Å². The fourth-order valence-electron chi connectivity index (χ4n) is 4.96. The molecule has 0 spiro atoms. The lowest BCUT2D eigenvalue weighted by molar-refractivity contribution is -0.187. The molecular weight excluding hydrogens is 470 g/mol. The Bertz CT molecular complexity index is 1090. The van der Waals surface area contributed by atoms with Crippen LogP contribution in [0.25, 0.3) is 0 Å². The summed E-state index contributed by atoms with van der Waals surface area (Å²) in [5.74, 6) is 0.970. The molecule has 2 atom stereocenters. The van der Waals surface area contributed by atoms with Gasteiger partial charge in [-0.25, -0.2) is 14.8 Å². The molecule has 2 aromatic rings. The van der Waals surface area contributed by atoms with Gasteiger partial charge >= 0.3 is 6.03 Å². The molecule has 0 aliphatic carbocycles. The maximum absolute atomic E-state index is 13.7. The van der Waals surface area contributed by atoms with E-state index in [1.807, 2.05) is 59.5 Å². The van der Waals surface area contributed by atoms with E-state index < -0.39 is 12.2 Å². The van der Waals surface area contributed by atoms with Crippen LogP contribution in [0.1, 0.15) is 31.4 Å². The van der Waals surface area contributed by atoms with Crippen LogP contribution in [-0.4, -0.2) is 83.7 Å². The molecule has 9 heteroatoms. The van der Waals surface area contributed by atoms with Gasteiger partial charge in [-0.15, -0.1) is 0 Å². The van der Waals surface area contributed by atoms with E-state index in [0.29, 0.717) is 25.4 Å². The zero-order chi connectivity index (χ0) is 26.5. The third kappa shape index (κ3) is 6.05. The molecule has 2 saturated heterocycles. The Hall–Kier alpha value is -3.59. The average Bonchev–Trinajstić information content (AvgIpc) is 2.88. The Morgan fingerprint density at radius 1 is 1.05 bits per heavy atom. The molecule has 0 saturated carbocycles. The molecule has 0 unspecified atom stereocenters. The summed E-state index contributed by atoms with van der Waals surface area (Å²) in [4.78, 5) is 43.9. The van der Waals surface area contributed by atoms with Crippen molar-refractivity contribution in [1.29, 1.82) is 0 Å². The van der Waals surface area contributed by atoms with Gasteiger partial charge in [0.15, 0.2) is 0 Å². The summed E-state index contributed by atoms with van der Waals surface area (Å²) in [6.45, 7) is 5.47. The number of nitrogens with one attached hydrogen (secondary N) is 1. The molecule has 0 radical (unpaired) electrons. The molecule has 4 rings (SSSR count). The molecule has 0 aromatic heterocycles. The smallest absolute Gasteiger partial charge is 0.334 e. The minimum absolute atomic E-state index is 0.0248. The number of fused-ring (bicyclic) bond motifs is 1. The van der Waals surface area contributed by atoms with Gasteiger partial charge in [0.25, 0.3) is 0 Å². The first-order valence-electron chi connectivity index (χ1n) is 12.8. The highest BCUT2D eigenvalue weighted by Gasteiger charge is 2.50. The predicted octanol–water partition coefficient (Wildman–Crippen LogP) is 2.72. The van der Waals surface area contributed by atoms with E-state index in [4.69, 9.17) is 4.74 Å². The number of likely N-dealkylation sites (N-methyl/N-ethyl adjacent to an activating group) is 1. The van der Waals surface area contributed by atoms with Gasteiger partial charge in [-0.05, 0) is 35.6 Å². The summed E-state index contributed by atoms with van der Waals surface area (Å²) >= 11 is 0. The summed E-state index contributed by atoms with van der Waals surface area (Å²) in [5.41, 5.74) is 1.91.